The van der Waals surface area contributed by atoms with Crippen LogP contribution < -0.4 is 5.32 Å². The Labute approximate surface area is 99.2 Å². The molecule has 0 saturated carbocycles. The van der Waals surface area contributed by atoms with Crippen molar-refractivity contribution in [3.8, 4) is 0 Å². The van der Waals surface area contributed by atoms with Crippen molar-refractivity contribution in [2.24, 2.45) is 0 Å². The van der Waals surface area contributed by atoms with Crippen LogP contribution in [0.25, 0.3) is 0 Å². The molecule has 1 aliphatic rings. The zero-order chi connectivity index (χ0) is 11.1. The van der Waals surface area contributed by atoms with Gasteiger partial charge in [-0.3, -0.25) is 4.90 Å². The van der Waals surface area contributed by atoms with Crippen molar-refractivity contribution in [1.82, 2.24) is 10.2 Å². The summed E-state index contributed by atoms with van der Waals surface area (Å²) in [5, 5.41) is 4.02. The molecule has 0 aromatic rings. The van der Waals surface area contributed by atoms with E-state index in [4.69, 9.17) is 0 Å². The Morgan fingerprint density at radius 1 is 1.27 bits per heavy atom. The third-order valence-corrected chi connectivity index (χ3v) is 4.72. The van der Waals surface area contributed by atoms with E-state index in [0.29, 0.717) is 0 Å². The molecule has 0 amide bonds. The van der Waals surface area contributed by atoms with Crippen molar-refractivity contribution in [2.75, 3.05) is 32.4 Å². The first-order chi connectivity index (χ1) is 7.25. The van der Waals surface area contributed by atoms with Crippen LogP contribution in [0.3, 0.4) is 0 Å². The Balaban J connectivity index is 2.09. The van der Waals surface area contributed by atoms with Crippen molar-refractivity contribution in [2.45, 2.75) is 44.4 Å². The van der Waals surface area contributed by atoms with Gasteiger partial charge in [0.1, 0.15) is 0 Å². The molecule has 0 aromatic heterocycles. The van der Waals surface area contributed by atoms with Crippen LogP contribution in [-0.4, -0.2) is 48.6 Å². The van der Waals surface area contributed by atoms with Crippen LogP contribution in [0.15, 0.2) is 0 Å². The molecule has 1 saturated heterocycles. The van der Waals surface area contributed by atoms with Crippen molar-refractivity contribution in [3.05, 3.63) is 0 Å². The van der Waals surface area contributed by atoms with Crippen LogP contribution in [0.4, 0.5) is 0 Å². The molecule has 3 heteroatoms. The predicted molar refractivity (Wildman–Crippen MR) is 70.7 cm³/mol. The van der Waals surface area contributed by atoms with Crippen LogP contribution in [0, 0.1) is 0 Å². The second-order valence-corrected chi connectivity index (χ2v) is 6.00. The molecule has 90 valence electrons. The highest BCUT2D eigenvalue weighted by molar-refractivity contribution is 8.00. The lowest BCUT2D eigenvalue weighted by molar-refractivity contribution is 0.208. The normalized spacial score (nSPS) is 28.2. The molecule has 1 heterocycles. The van der Waals surface area contributed by atoms with Gasteiger partial charge in [0, 0.05) is 23.6 Å². The van der Waals surface area contributed by atoms with Gasteiger partial charge in [0.2, 0.25) is 0 Å². The first-order valence-corrected chi connectivity index (χ1v) is 7.31. The van der Waals surface area contributed by atoms with Gasteiger partial charge in [-0.2, -0.15) is 11.8 Å². The maximum Gasteiger partial charge on any atom is 0.0184 e. The lowest BCUT2D eigenvalue weighted by Crippen LogP contribution is -2.44. The fourth-order valence-electron chi connectivity index (χ4n) is 2.10. The zero-order valence-electron chi connectivity index (χ0n) is 10.5. The Morgan fingerprint density at radius 3 is 2.80 bits per heavy atom. The largest absolute Gasteiger partial charge is 0.320 e. The average molecular weight is 230 g/mol. The van der Waals surface area contributed by atoms with Gasteiger partial charge in [0.05, 0.1) is 0 Å². The highest BCUT2D eigenvalue weighted by atomic mass is 32.2. The molecule has 15 heavy (non-hydrogen) atoms. The molecular formula is C12H26N2S. The molecule has 2 atom stereocenters. The summed E-state index contributed by atoms with van der Waals surface area (Å²) in [7, 11) is 2.03. The van der Waals surface area contributed by atoms with Crippen LogP contribution in [0.2, 0.25) is 0 Å². The maximum atomic E-state index is 3.21. The van der Waals surface area contributed by atoms with Crippen molar-refractivity contribution in [3.63, 3.8) is 0 Å². The topological polar surface area (TPSA) is 15.3 Å². The average Bonchev–Trinajstić information content (AvgIpc) is 2.24. The zero-order valence-corrected chi connectivity index (χ0v) is 11.3. The molecule has 2 nitrogen and oxygen atoms in total. The van der Waals surface area contributed by atoms with Gasteiger partial charge >= 0.3 is 0 Å². The van der Waals surface area contributed by atoms with E-state index in [0.717, 1.165) is 11.3 Å². The standard InChI is InChI=1S/C12H26N2S/c1-11-12(2)15-10-9-14(11)8-6-4-5-7-13-3/h11-13H,4-10H2,1-3H3. The minimum absolute atomic E-state index is 0.771. The summed E-state index contributed by atoms with van der Waals surface area (Å²) in [4.78, 5) is 2.67. The number of unbranched alkanes of at least 4 members (excludes halogenated alkanes) is 2. The second kappa shape index (κ2) is 7.53. The summed E-state index contributed by atoms with van der Waals surface area (Å²) in [5.41, 5.74) is 0. The fraction of sp³-hybridized carbons (Fsp3) is 1.00. The van der Waals surface area contributed by atoms with E-state index in [1.165, 1.54) is 44.6 Å². The Bertz CT molecular complexity index is 164. The first kappa shape index (κ1) is 13.3. The number of hydrogen-bond donors (Lipinski definition) is 1. The molecule has 0 radical (unpaired) electrons. The molecular weight excluding hydrogens is 204 g/mol. The third-order valence-electron chi connectivity index (χ3n) is 3.39. The van der Waals surface area contributed by atoms with Crippen molar-refractivity contribution >= 4 is 11.8 Å². The van der Waals surface area contributed by atoms with Gasteiger partial charge in [0.15, 0.2) is 0 Å². The highest BCUT2D eigenvalue weighted by Crippen LogP contribution is 2.24. The smallest absolute Gasteiger partial charge is 0.0184 e. The van der Waals surface area contributed by atoms with Crippen LogP contribution in [0.5, 0.6) is 0 Å². The van der Waals surface area contributed by atoms with Crippen LogP contribution in [-0.2, 0) is 0 Å². The van der Waals surface area contributed by atoms with Gasteiger partial charge in [-0.25, -0.2) is 0 Å². The minimum atomic E-state index is 0.771. The summed E-state index contributed by atoms with van der Waals surface area (Å²) in [5.74, 6) is 1.32. The molecule has 1 fully saturated rings. The maximum absolute atomic E-state index is 3.21. The number of thioether (sulfide) groups is 1. The summed E-state index contributed by atoms with van der Waals surface area (Å²) >= 11 is 2.13. The van der Waals surface area contributed by atoms with E-state index in [2.05, 4.69) is 35.8 Å². The van der Waals surface area contributed by atoms with Crippen molar-refractivity contribution < 1.29 is 0 Å². The van der Waals surface area contributed by atoms with E-state index < -0.39 is 0 Å². The SMILES string of the molecule is CNCCCCCN1CCSC(C)C1C. The quantitative estimate of drug-likeness (QED) is 0.704. The molecule has 0 aliphatic carbocycles. The van der Waals surface area contributed by atoms with Crippen LogP contribution >= 0.6 is 11.8 Å². The molecule has 0 aromatic carbocycles. The summed E-state index contributed by atoms with van der Waals surface area (Å²) in [6.45, 7) is 8.51. The number of hydrogen-bond acceptors (Lipinski definition) is 3. The Morgan fingerprint density at radius 2 is 2.07 bits per heavy atom. The minimum Gasteiger partial charge on any atom is -0.320 e. The number of nitrogens with zero attached hydrogens (tertiary/aromatic N) is 1. The highest BCUT2D eigenvalue weighted by Gasteiger charge is 2.24. The van der Waals surface area contributed by atoms with E-state index in [9.17, 15) is 0 Å². The van der Waals surface area contributed by atoms with Gasteiger partial charge in [0.25, 0.3) is 0 Å². The summed E-state index contributed by atoms with van der Waals surface area (Å²) < 4.78 is 0. The fourth-order valence-corrected chi connectivity index (χ4v) is 3.27. The Hall–Kier alpha value is 0.270. The molecule has 1 N–H and O–H groups in total. The third kappa shape index (κ3) is 4.75. The monoisotopic (exact) mass is 230 g/mol. The van der Waals surface area contributed by atoms with E-state index in [-0.39, 0.29) is 0 Å². The van der Waals surface area contributed by atoms with Gasteiger partial charge in [-0.15, -0.1) is 0 Å². The Kier molecular flexibility index (Phi) is 6.69. The lowest BCUT2D eigenvalue weighted by atomic mass is 10.1. The molecule has 2 unspecified atom stereocenters. The summed E-state index contributed by atoms with van der Waals surface area (Å²) in [6.07, 6.45) is 4.05. The second-order valence-electron chi connectivity index (χ2n) is 4.52. The van der Waals surface area contributed by atoms with Crippen molar-refractivity contribution in [1.29, 1.82) is 0 Å². The lowest BCUT2D eigenvalue weighted by Gasteiger charge is -2.37. The van der Waals surface area contributed by atoms with Gasteiger partial charge in [-0.1, -0.05) is 13.3 Å². The molecule has 0 bridgehead atoms. The summed E-state index contributed by atoms with van der Waals surface area (Å²) in [6, 6.07) is 0.771. The van der Waals surface area contributed by atoms with Gasteiger partial charge < -0.3 is 5.32 Å². The molecule has 1 rings (SSSR count). The number of rotatable bonds is 6. The van der Waals surface area contributed by atoms with Gasteiger partial charge in [-0.05, 0) is 39.9 Å². The molecule has 0 spiro atoms. The van der Waals surface area contributed by atoms with E-state index in [1.54, 1.807) is 0 Å². The first-order valence-electron chi connectivity index (χ1n) is 6.26. The molecule has 1 aliphatic heterocycles. The van der Waals surface area contributed by atoms with E-state index >= 15 is 0 Å². The van der Waals surface area contributed by atoms with E-state index in [1.807, 2.05) is 7.05 Å². The van der Waals surface area contributed by atoms with Crippen LogP contribution in [0.1, 0.15) is 33.1 Å². The number of nitrogens with one attached hydrogen (secondary N) is 1. The predicted octanol–water partition coefficient (Wildman–Crippen LogP) is 2.20.